The van der Waals surface area contributed by atoms with Gasteiger partial charge in [0.05, 0.1) is 21.1 Å². The Hall–Kier alpha value is -1.00. The molecule has 0 amide bonds. The number of rotatable bonds is 4. The molecule has 0 aliphatic rings. The zero-order valence-electron chi connectivity index (χ0n) is 9.35. The second kappa shape index (κ2) is 5.10. The molecule has 6 heteroatoms. The lowest BCUT2D eigenvalue weighted by atomic mass is 9.94. The maximum absolute atomic E-state index is 12.9. The fourth-order valence-corrected chi connectivity index (χ4v) is 1.69. The molecule has 0 unspecified atom stereocenters. The van der Waals surface area contributed by atoms with Crippen LogP contribution in [0.25, 0.3) is 0 Å². The minimum Gasteiger partial charge on any atom is -0.481 e. The van der Waals surface area contributed by atoms with Gasteiger partial charge in [0.25, 0.3) is 0 Å². The molecule has 3 nitrogen and oxygen atoms in total. The van der Waals surface area contributed by atoms with E-state index in [1.165, 1.54) is 0 Å². The normalized spacial score (nSPS) is 11.4. The molecule has 2 N–H and O–H groups in total. The Morgan fingerprint density at radius 3 is 2.29 bits per heavy atom. The third-order valence-electron chi connectivity index (χ3n) is 2.29. The van der Waals surface area contributed by atoms with E-state index in [1.54, 1.807) is 13.8 Å². The molecule has 0 heterocycles. The van der Waals surface area contributed by atoms with Gasteiger partial charge in [-0.05, 0) is 26.0 Å². The van der Waals surface area contributed by atoms with Gasteiger partial charge in [0, 0.05) is 6.54 Å². The Balaban J connectivity index is 2.87. The number of carbonyl (C=O) groups is 1. The van der Waals surface area contributed by atoms with E-state index < -0.39 is 17.2 Å². The van der Waals surface area contributed by atoms with Crippen molar-refractivity contribution in [1.29, 1.82) is 0 Å². The van der Waals surface area contributed by atoms with Crippen LogP contribution in [0.2, 0.25) is 10.0 Å². The highest BCUT2D eigenvalue weighted by atomic mass is 35.5. The van der Waals surface area contributed by atoms with Crippen LogP contribution in [0.4, 0.5) is 10.1 Å². The van der Waals surface area contributed by atoms with Crippen LogP contribution in [0.1, 0.15) is 13.8 Å². The third kappa shape index (κ3) is 3.48. The van der Waals surface area contributed by atoms with Gasteiger partial charge < -0.3 is 10.4 Å². The van der Waals surface area contributed by atoms with E-state index >= 15 is 0 Å². The van der Waals surface area contributed by atoms with Crippen LogP contribution < -0.4 is 5.32 Å². The van der Waals surface area contributed by atoms with Gasteiger partial charge in [0.1, 0.15) is 5.82 Å². The highest BCUT2D eigenvalue weighted by molar-refractivity contribution is 6.39. The van der Waals surface area contributed by atoms with E-state index in [-0.39, 0.29) is 16.6 Å². The lowest BCUT2D eigenvalue weighted by molar-refractivity contribution is -0.146. The van der Waals surface area contributed by atoms with E-state index in [2.05, 4.69) is 5.32 Å². The first-order chi connectivity index (χ1) is 7.74. The summed E-state index contributed by atoms with van der Waals surface area (Å²) in [5, 5.41) is 12.0. The number of carboxylic acids is 1. The number of carboxylic acid groups (broad SMARTS) is 1. The van der Waals surface area contributed by atoms with Crippen molar-refractivity contribution >= 4 is 34.9 Å². The molecule has 1 rings (SSSR count). The molecular formula is C11H12Cl2FNO2. The van der Waals surface area contributed by atoms with Crippen LogP contribution >= 0.6 is 23.2 Å². The average Bonchev–Trinajstić information content (AvgIpc) is 2.15. The predicted molar refractivity (Wildman–Crippen MR) is 66.3 cm³/mol. The number of hydrogen-bond donors (Lipinski definition) is 2. The molecule has 0 radical (unpaired) electrons. The van der Waals surface area contributed by atoms with Crippen molar-refractivity contribution < 1.29 is 14.3 Å². The van der Waals surface area contributed by atoms with Gasteiger partial charge in [0.15, 0.2) is 0 Å². The van der Waals surface area contributed by atoms with E-state index in [1.807, 2.05) is 0 Å². The lowest BCUT2D eigenvalue weighted by Crippen LogP contribution is -2.31. The molecule has 0 aromatic heterocycles. The number of hydrogen-bond acceptors (Lipinski definition) is 2. The standard InChI is InChI=1S/C11H12Cl2FNO2/c1-11(2,10(16)17)5-15-9-7(12)3-6(14)4-8(9)13/h3-4,15H,5H2,1-2H3,(H,16,17). The number of aliphatic carboxylic acids is 1. The monoisotopic (exact) mass is 279 g/mol. The molecule has 0 aliphatic heterocycles. The van der Waals surface area contributed by atoms with Crippen LogP contribution in [0, 0.1) is 11.2 Å². The van der Waals surface area contributed by atoms with Crippen molar-refractivity contribution in [2.45, 2.75) is 13.8 Å². The van der Waals surface area contributed by atoms with Crippen molar-refractivity contribution in [1.82, 2.24) is 0 Å². The Morgan fingerprint density at radius 1 is 1.41 bits per heavy atom. The predicted octanol–water partition coefficient (Wildman–Crippen LogP) is 3.66. The van der Waals surface area contributed by atoms with Crippen LogP contribution in [-0.2, 0) is 4.79 Å². The van der Waals surface area contributed by atoms with Crippen molar-refractivity contribution in [2.24, 2.45) is 5.41 Å². The molecule has 1 aromatic carbocycles. The van der Waals surface area contributed by atoms with Gasteiger partial charge in [-0.25, -0.2) is 4.39 Å². The summed E-state index contributed by atoms with van der Waals surface area (Å²) in [6.45, 7) is 3.26. The highest BCUT2D eigenvalue weighted by Gasteiger charge is 2.27. The largest absolute Gasteiger partial charge is 0.481 e. The third-order valence-corrected chi connectivity index (χ3v) is 2.89. The highest BCUT2D eigenvalue weighted by Crippen LogP contribution is 2.32. The Kier molecular flexibility index (Phi) is 4.22. The molecule has 1 aromatic rings. The van der Waals surface area contributed by atoms with Crippen molar-refractivity contribution in [3.8, 4) is 0 Å². The van der Waals surface area contributed by atoms with Gasteiger partial charge in [-0.3, -0.25) is 4.79 Å². The van der Waals surface area contributed by atoms with E-state index in [4.69, 9.17) is 28.3 Å². The first kappa shape index (κ1) is 14.1. The Morgan fingerprint density at radius 2 is 1.88 bits per heavy atom. The fraction of sp³-hybridized carbons (Fsp3) is 0.364. The van der Waals surface area contributed by atoms with E-state index in [0.717, 1.165) is 12.1 Å². The minimum atomic E-state index is -0.971. The molecule has 0 fully saturated rings. The van der Waals surface area contributed by atoms with Crippen molar-refractivity contribution in [2.75, 3.05) is 11.9 Å². The van der Waals surface area contributed by atoms with E-state index in [0.29, 0.717) is 5.69 Å². The molecule has 94 valence electrons. The summed E-state index contributed by atoms with van der Waals surface area (Å²) < 4.78 is 12.9. The lowest BCUT2D eigenvalue weighted by Gasteiger charge is -2.21. The number of benzene rings is 1. The van der Waals surface area contributed by atoms with Gasteiger partial charge in [0.2, 0.25) is 0 Å². The summed E-state index contributed by atoms with van der Waals surface area (Å²) in [4.78, 5) is 10.9. The second-order valence-electron chi connectivity index (χ2n) is 4.29. The number of nitrogens with one attached hydrogen (secondary N) is 1. The maximum Gasteiger partial charge on any atom is 0.310 e. The zero-order chi connectivity index (χ0) is 13.2. The molecule has 0 spiro atoms. The average molecular weight is 280 g/mol. The van der Waals surface area contributed by atoms with Crippen LogP contribution in [0.5, 0.6) is 0 Å². The summed E-state index contributed by atoms with van der Waals surface area (Å²) in [5.41, 5.74) is -0.634. The summed E-state index contributed by atoms with van der Waals surface area (Å²) in [6.07, 6.45) is 0. The molecular weight excluding hydrogens is 268 g/mol. The topological polar surface area (TPSA) is 49.3 Å². The second-order valence-corrected chi connectivity index (χ2v) is 5.10. The molecule has 0 saturated carbocycles. The van der Waals surface area contributed by atoms with Crippen LogP contribution in [-0.4, -0.2) is 17.6 Å². The molecule has 0 atom stereocenters. The summed E-state index contributed by atoms with van der Waals surface area (Å²) >= 11 is 11.6. The summed E-state index contributed by atoms with van der Waals surface area (Å²) in [5.74, 6) is -1.48. The number of anilines is 1. The first-order valence-corrected chi connectivity index (χ1v) is 5.61. The quantitative estimate of drug-likeness (QED) is 0.885. The molecule has 17 heavy (non-hydrogen) atoms. The summed E-state index contributed by atoms with van der Waals surface area (Å²) in [6, 6.07) is 2.23. The van der Waals surface area contributed by atoms with Crippen LogP contribution in [0.15, 0.2) is 12.1 Å². The Bertz CT molecular complexity index is 426. The van der Waals surface area contributed by atoms with E-state index in [9.17, 15) is 9.18 Å². The van der Waals surface area contributed by atoms with Gasteiger partial charge in [-0.1, -0.05) is 23.2 Å². The minimum absolute atomic E-state index is 0.121. The van der Waals surface area contributed by atoms with Crippen molar-refractivity contribution in [3.63, 3.8) is 0 Å². The van der Waals surface area contributed by atoms with Crippen molar-refractivity contribution in [3.05, 3.63) is 28.0 Å². The van der Waals surface area contributed by atoms with Gasteiger partial charge in [-0.2, -0.15) is 0 Å². The maximum atomic E-state index is 12.9. The smallest absolute Gasteiger partial charge is 0.310 e. The molecule has 0 saturated heterocycles. The molecule has 0 bridgehead atoms. The summed E-state index contributed by atoms with van der Waals surface area (Å²) in [7, 11) is 0. The number of halogens is 3. The first-order valence-electron chi connectivity index (χ1n) is 4.86. The zero-order valence-corrected chi connectivity index (χ0v) is 10.9. The van der Waals surface area contributed by atoms with Gasteiger partial charge in [-0.15, -0.1) is 0 Å². The SMILES string of the molecule is CC(C)(CNc1c(Cl)cc(F)cc1Cl)C(=O)O. The fourth-order valence-electron chi connectivity index (χ4n) is 1.10. The van der Waals surface area contributed by atoms with Crippen LogP contribution in [0.3, 0.4) is 0 Å². The van der Waals surface area contributed by atoms with Gasteiger partial charge >= 0.3 is 5.97 Å². The molecule has 0 aliphatic carbocycles. The Labute approximate surface area is 109 Å².